The van der Waals surface area contributed by atoms with Crippen LogP contribution < -0.4 is 15.0 Å². The smallest absolute Gasteiger partial charge is 0.246 e. The molecule has 1 aliphatic heterocycles. The molecule has 120 valence electrons. The zero-order valence-corrected chi connectivity index (χ0v) is 14.3. The molecule has 2 aromatic rings. The first-order valence-corrected chi connectivity index (χ1v) is 8.65. The van der Waals surface area contributed by atoms with Crippen LogP contribution in [0.5, 0.6) is 5.75 Å². The van der Waals surface area contributed by atoms with Gasteiger partial charge in [0.15, 0.2) is 0 Å². The minimum atomic E-state index is 0.0460. The number of benzene rings is 2. The Morgan fingerprint density at radius 2 is 2.17 bits per heavy atom. The Balaban J connectivity index is 1.67. The highest BCUT2D eigenvalue weighted by Crippen LogP contribution is 2.34. The number of nitrogens with one attached hydrogen (secondary N) is 1. The summed E-state index contributed by atoms with van der Waals surface area (Å²) >= 11 is 7.88. The Labute approximate surface area is 144 Å². The van der Waals surface area contributed by atoms with Gasteiger partial charge in [-0.3, -0.25) is 4.79 Å². The highest BCUT2D eigenvalue weighted by Gasteiger charge is 2.22. The monoisotopic (exact) mass is 348 g/mol. The molecule has 0 aliphatic carbocycles. The summed E-state index contributed by atoms with van der Waals surface area (Å²) in [4.78, 5) is 15.5. The molecule has 0 radical (unpaired) electrons. The molecule has 1 heterocycles. The molecule has 0 fully saturated rings. The molecule has 0 saturated carbocycles. The molecule has 0 saturated heterocycles. The van der Waals surface area contributed by atoms with Crippen LogP contribution in [0.25, 0.3) is 0 Å². The van der Waals surface area contributed by atoms with Crippen LogP contribution in [0.4, 0.5) is 11.4 Å². The minimum absolute atomic E-state index is 0.0460. The lowest BCUT2D eigenvalue weighted by Gasteiger charge is -2.29. The van der Waals surface area contributed by atoms with E-state index in [0.29, 0.717) is 10.8 Å². The zero-order chi connectivity index (χ0) is 16.2. The van der Waals surface area contributed by atoms with E-state index in [0.717, 1.165) is 28.6 Å². The van der Waals surface area contributed by atoms with E-state index in [9.17, 15) is 4.79 Å². The van der Waals surface area contributed by atoms with E-state index < -0.39 is 0 Å². The molecular formula is C17H17ClN2O2S. The zero-order valence-electron chi connectivity index (χ0n) is 12.7. The van der Waals surface area contributed by atoms with Gasteiger partial charge in [0.25, 0.3) is 0 Å². The fourth-order valence-electron chi connectivity index (χ4n) is 2.48. The topological polar surface area (TPSA) is 41.6 Å². The molecule has 2 aromatic carbocycles. The van der Waals surface area contributed by atoms with Crippen LogP contribution in [-0.4, -0.2) is 31.9 Å². The molecule has 3 rings (SSSR count). The molecule has 6 heteroatoms. The maximum absolute atomic E-state index is 12.5. The Bertz CT molecular complexity index is 723. The normalized spacial score (nSPS) is 13.4. The number of carbonyl (C=O) groups is 1. The fourth-order valence-corrected chi connectivity index (χ4v) is 3.73. The number of rotatable bonds is 4. The predicted octanol–water partition coefficient (Wildman–Crippen LogP) is 3.90. The molecule has 1 N–H and O–H groups in total. The van der Waals surface area contributed by atoms with Crippen LogP contribution in [-0.2, 0) is 4.79 Å². The van der Waals surface area contributed by atoms with E-state index in [2.05, 4.69) is 11.4 Å². The summed E-state index contributed by atoms with van der Waals surface area (Å²) in [5, 5.41) is 3.64. The maximum atomic E-state index is 12.5. The number of thioether (sulfide) groups is 1. The number of halogens is 1. The van der Waals surface area contributed by atoms with Crippen LogP contribution >= 0.6 is 23.4 Å². The molecule has 0 atom stereocenters. The SMILES string of the molecule is COc1ccc(NCC(=O)N2CCSc3ccccc32)cc1Cl. The summed E-state index contributed by atoms with van der Waals surface area (Å²) in [6.45, 7) is 0.952. The second kappa shape index (κ2) is 7.15. The number of amides is 1. The van der Waals surface area contributed by atoms with Gasteiger partial charge in [-0.1, -0.05) is 23.7 Å². The van der Waals surface area contributed by atoms with Crippen molar-refractivity contribution in [2.75, 3.05) is 36.2 Å². The van der Waals surface area contributed by atoms with E-state index in [1.165, 1.54) is 0 Å². The van der Waals surface area contributed by atoms with Crippen molar-refractivity contribution < 1.29 is 9.53 Å². The lowest BCUT2D eigenvalue weighted by molar-refractivity contribution is -0.117. The van der Waals surface area contributed by atoms with E-state index in [4.69, 9.17) is 16.3 Å². The number of ether oxygens (including phenoxy) is 1. The van der Waals surface area contributed by atoms with Crippen molar-refractivity contribution >= 4 is 40.6 Å². The van der Waals surface area contributed by atoms with Crippen molar-refractivity contribution in [3.05, 3.63) is 47.5 Å². The van der Waals surface area contributed by atoms with Crippen LogP contribution in [0.3, 0.4) is 0 Å². The highest BCUT2D eigenvalue weighted by molar-refractivity contribution is 7.99. The lowest BCUT2D eigenvalue weighted by Crippen LogP contribution is -2.39. The van der Waals surface area contributed by atoms with Gasteiger partial charge in [-0.2, -0.15) is 0 Å². The quantitative estimate of drug-likeness (QED) is 0.909. The number of para-hydroxylation sites is 1. The summed E-state index contributed by atoms with van der Waals surface area (Å²) in [5.41, 5.74) is 1.78. The number of hydrogen-bond acceptors (Lipinski definition) is 4. The maximum Gasteiger partial charge on any atom is 0.246 e. The van der Waals surface area contributed by atoms with E-state index in [-0.39, 0.29) is 12.5 Å². The van der Waals surface area contributed by atoms with Crippen molar-refractivity contribution in [2.24, 2.45) is 0 Å². The van der Waals surface area contributed by atoms with Crippen molar-refractivity contribution in [1.29, 1.82) is 0 Å². The van der Waals surface area contributed by atoms with Gasteiger partial charge in [0, 0.05) is 22.9 Å². The minimum Gasteiger partial charge on any atom is -0.495 e. The Morgan fingerprint density at radius 3 is 2.96 bits per heavy atom. The van der Waals surface area contributed by atoms with Gasteiger partial charge in [0.2, 0.25) is 5.91 Å². The Morgan fingerprint density at radius 1 is 1.35 bits per heavy atom. The molecule has 0 bridgehead atoms. The first-order chi connectivity index (χ1) is 11.2. The van der Waals surface area contributed by atoms with Gasteiger partial charge in [-0.25, -0.2) is 0 Å². The number of carbonyl (C=O) groups excluding carboxylic acids is 1. The third kappa shape index (κ3) is 3.57. The lowest BCUT2D eigenvalue weighted by atomic mass is 10.2. The number of nitrogens with zero attached hydrogens (tertiary/aromatic N) is 1. The van der Waals surface area contributed by atoms with Crippen LogP contribution in [0.1, 0.15) is 0 Å². The van der Waals surface area contributed by atoms with Crippen molar-refractivity contribution in [3.8, 4) is 5.75 Å². The average molecular weight is 349 g/mol. The van der Waals surface area contributed by atoms with E-state index >= 15 is 0 Å². The Hall–Kier alpha value is -1.85. The molecule has 0 aromatic heterocycles. The molecule has 23 heavy (non-hydrogen) atoms. The van der Waals surface area contributed by atoms with Gasteiger partial charge < -0.3 is 15.0 Å². The van der Waals surface area contributed by atoms with Gasteiger partial charge >= 0.3 is 0 Å². The Kier molecular flexibility index (Phi) is 4.98. The summed E-state index contributed by atoms with van der Waals surface area (Å²) < 4.78 is 5.12. The third-order valence-electron chi connectivity index (χ3n) is 3.63. The van der Waals surface area contributed by atoms with Crippen molar-refractivity contribution in [3.63, 3.8) is 0 Å². The molecule has 0 spiro atoms. The summed E-state index contributed by atoms with van der Waals surface area (Å²) in [5.74, 6) is 1.58. The van der Waals surface area contributed by atoms with Gasteiger partial charge in [0.1, 0.15) is 5.75 Å². The van der Waals surface area contributed by atoms with Crippen molar-refractivity contribution in [2.45, 2.75) is 4.90 Å². The predicted molar refractivity (Wildman–Crippen MR) is 96.0 cm³/mol. The number of hydrogen-bond donors (Lipinski definition) is 1. The number of fused-ring (bicyclic) bond motifs is 1. The van der Waals surface area contributed by atoms with Gasteiger partial charge in [-0.05, 0) is 30.3 Å². The summed E-state index contributed by atoms with van der Waals surface area (Å²) in [6, 6.07) is 13.4. The second-order valence-electron chi connectivity index (χ2n) is 5.06. The summed E-state index contributed by atoms with van der Waals surface area (Å²) in [6.07, 6.45) is 0. The number of methoxy groups -OCH3 is 1. The largest absolute Gasteiger partial charge is 0.495 e. The average Bonchev–Trinajstić information content (AvgIpc) is 2.59. The summed E-state index contributed by atoms with van der Waals surface area (Å²) in [7, 11) is 1.57. The standard InChI is InChI=1S/C17H17ClN2O2S/c1-22-15-7-6-12(10-13(15)18)19-11-17(21)20-8-9-23-16-5-3-2-4-14(16)20/h2-7,10,19H,8-9,11H2,1H3. The molecular weight excluding hydrogens is 332 g/mol. The van der Waals surface area contributed by atoms with Crippen LogP contribution in [0, 0.1) is 0 Å². The highest BCUT2D eigenvalue weighted by atomic mass is 35.5. The fraction of sp³-hybridized carbons (Fsp3) is 0.235. The molecule has 1 amide bonds. The third-order valence-corrected chi connectivity index (χ3v) is 4.96. The molecule has 1 aliphatic rings. The molecule has 4 nitrogen and oxygen atoms in total. The van der Waals surface area contributed by atoms with Crippen LogP contribution in [0.2, 0.25) is 5.02 Å². The van der Waals surface area contributed by atoms with Gasteiger partial charge in [0.05, 0.1) is 24.4 Å². The first-order valence-electron chi connectivity index (χ1n) is 7.28. The van der Waals surface area contributed by atoms with Gasteiger partial charge in [-0.15, -0.1) is 11.8 Å². The first kappa shape index (κ1) is 16.0. The molecule has 0 unspecified atom stereocenters. The van der Waals surface area contributed by atoms with E-state index in [1.807, 2.05) is 29.2 Å². The number of anilines is 2. The second-order valence-corrected chi connectivity index (χ2v) is 6.61. The van der Waals surface area contributed by atoms with Crippen LogP contribution in [0.15, 0.2) is 47.4 Å². The van der Waals surface area contributed by atoms with E-state index in [1.54, 1.807) is 31.0 Å². The van der Waals surface area contributed by atoms with Crippen molar-refractivity contribution in [1.82, 2.24) is 0 Å².